The number of nitrogens with zero attached hydrogens (tertiary/aromatic N) is 1. The second-order valence-corrected chi connectivity index (χ2v) is 5.44. The van der Waals surface area contributed by atoms with Crippen LogP contribution in [-0.2, 0) is 4.74 Å². The number of morpholine rings is 1. The predicted molar refractivity (Wildman–Crippen MR) is 74.0 cm³/mol. The molecule has 1 aliphatic heterocycles. The summed E-state index contributed by atoms with van der Waals surface area (Å²) < 4.78 is 18.4. The molecule has 2 N–H and O–H groups in total. The van der Waals surface area contributed by atoms with Gasteiger partial charge in [-0.25, -0.2) is 14.0 Å². The molecule has 6 nitrogen and oxygen atoms in total. The molecule has 0 saturated carbocycles. The molecule has 0 unspecified atom stereocenters. The van der Waals surface area contributed by atoms with E-state index in [1.807, 2.05) is 13.8 Å². The van der Waals surface area contributed by atoms with Crippen molar-refractivity contribution in [3.63, 3.8) is 0 Å². The second-order valence-electron chi connectivity index (χ2n) is 5.44. The van der Waals surface area contributed by atoms with E-state index in [-0.39, 0.29) is 11.3 Å². The molecule has 114 valence electrons. The second kappa shape index (κ2) is 5.69. The number of hydrogen-bond donors (Lipinski definition) is 2. The van der Waals surface area contributed by atoms with Crippen molar-refractivity contribution in [2.24, 2.45) is 0 Å². The molecule has 1 heterocycles. The van der Waals surface area contributed by atoms with E-state index >= 15 is 0 Å². The number of rotatable bonds is 2. The molecule has 0 atom stereocenters. The Morgan fingerprint density at radius 1 is 1.43 bits per heavy atom. The maximum absolute atomic E-state index is 13.1. The lowest BCUT2D eigenvalue weighted by Crippen LogP contribution is -2.56. The summed E-state index contributed by atoms with van der Waals surface area (Å²) in [5.74, 6) is -1.97. The van der Waals surface area contributed by atoms with Crippen molar-refractivity contribution < 1.29 is 23.8 Å². The molecule has 21 heavy (non-hydrogen) atoms. The SMILES string of the molecule is CC1(C)COCCN1C(=O)Nc1ccc(F)cc1C(=O)O. The minimum Gasteiger partial charge on any atom is -0.478 e. The summed E-state index contributed by atoms with van der Waals surface area (Å²) in [6.45, 7) is 4.94. The van der Waals surface area contributed by atoms with E-state index in [4.69, 9.17) is 9.84 Å². The zero-order chi connectivity index (χ0) is 15.6. The van der Waals surface area contributed by atoms with Crippen LogP contribution in [0.2, 0.25) is 0 Å². The zero-order valence-corrected chi connectivity index (χ0v) is 11.9. The van der Waals surface area contributed by atoms with Crippen LogP contribution in [0.3, 0.4) is 0 Å². The Hall–Kier alpha value is -2.15. The summed E-state index contributed by atoms with van der Waals surface area (Å²) in [5, 5.41) is 11.6. The first kappa shape index (κ1) is 15.2. The Labute approximate surface area is 121 Å². The van der Waals surface area contributed by atoms with Gasteiger partial charge in [-0.05, 0) is 32.0 Å². The van der Waals surface area contributed by atoms with Gasteiger partial charge in [-0.3, -0.25) is 0 Å². The van der Waals surface area contributed by atoms with Gasteiger partial charge in [-0.2, -0.15) is 0 Å². The maximum atomic E-state index is 13.1. The van der Waals surface area contributed by atoms with Crippen LogP contribution in [0.5, 0.6) is 0 Å². The summed E-state index contributed by atoms with van der Waals surface area (Å²) in [5.41, 5.74) is -0.711. The molecule has 1 aromatic rings. The number of anilines is 1. The fourth-order valence-electron chi connectivity index (χ4n) is 2.22. The Morgan fingerprint density at radius 3 is 2.76 bits per heavy atom. The maximum Gasteiger partial charge on any atom is 0.337 e. The van der Waals surface area contributed by atoms with Crippen LogP contribution < -0.4 is 5.32 Å². The number of nitrogens with one attached hydrogen (secondary N) is 1. The third-order valence-corrected chi connectivity index (χ3v) is 3.34. The number of amides is 2. The average Bonchev–Trinajstić information content (AvgIpc) is 2.39. The summed E-state index contributed by atoms with van der Waals surface area (Å²) in [7, 11) is 0. The number of ether oxygens (including phenoxy) is 1. The number of urea groups is 1. The highest BCUT2D eigenvalue weighted by molar-refractivity contribution is 6.00. The monoisotopic (exact) mass is 296 g/mol. The molecular formula is C14H17FN2O4. The van der Waals surface area contributed by atoms with Crippen molar-refractivity contribution in [1.29, 1.82) is 0 Å². The van der Waals surface area contributed by atoms with Crippen molar-refractivity contribution in [2.45, 2.75) is 19.4 Å². The Bertz CT molecular complexity index is 574. The van der Waals surface area contributed by atoms with Gasteiger partial charge < -0.3 is 20.1 Å². The smallest absolute Gasteiger partial charge is 0.337 e. The van der Waals surface area contributed by atoms with Crippen molar-refractivity contribution in [3.05, 3.63) is 29.6 Å². The van der Waals surface area contributed by atoms with E-state index in [0.717, 1.165) is 12.1 Å². The van der Waals surface area contributed by atoms with E-state index in [9.17, 15) is 14.0 Å². The average molecular weight is 296 g/mol. The molecular weight excluding hydrogens is 279 g/mol. The van der Waals surface area contributed by atoms with Gasteiger partial charge in [-0.1, -0.05) is 0 Å². The highest BCUT2D eigenvalue weighted by Gasteiger charge is 2.34. The molecule has 1 fully saturated rings. The van der Waals surface area contributed by atoms with Crippen LogP contribution in [0.15, 0.2) is 18.2 Å². The number of carbonyl (C=O) groups excluding carboxylic acids is 1. The first-order valence-corrected chi connectivity index (χ1v) is 6.50. The quantitative estimate of drug-likeness (QED) is 0.876. The number of benzene rings is 1. The fourth-order valence-corrected chi connectivity index (χ4v) is 2.22. The van der Waals surface area contributed by atoms with Crippen LogP contribution in [0.25, 0.3) is 0 Å². The van der Waals surface area contributed by atoms with Crippen LogP contribution in [0.1, 0.15) is 24.2 Å². The highest BCUT2D eigenvalue weighted by Crippen LogP contribution is 2.22. The summed E-state index contributed by atoms with van der Waals surface area (Å²) in [6, 6.07) is 2.79. The lowest BCUT2D eigenvalue weighted by molar-refractivity contribution is -0.0249. The Balaban J connectivity index is 2.22. The van der Waals surface area contributed by atoms with Crippen molar-refractivity contribution in [3.8, 4) is 0 Å². The summed E-state index contributed by atoms with van der Waals surface area (Å²) >= 11 is 0. The minimum absolute atomic E-state index is 0.0659. The Morgan fingerprint density at radius 2 is 2.14 bits per heavy atom. The number of carboxylic acids is 1. The third-order valence-electron chi connectivity index (χ3n) is 3.34. The van der Waals surface area contributed by atoms with Crippen molar-refractivity contribution >= 4 is 17.7 Å². The van der Waals surface area contributed by atoms with Crippen LogP contribution in [0, 0.1) is 5.82 Å². The number of aromatic carboxylic acids is 1. The van der Waals surface area contributed by atoms with Crippen LogP contribution >= 0.6 is 0 Å². The standard InChI is InChI=1S/C14H17FN2O4/c1-14(2)8-21-6-5-17(14)13(20)16-11-4-3-9(15)7-10(11)12(18)19/h3-4,7H,5-6,8H2,1-2H3,(H,16,20)(H,18,19). The highest BCUT2D eigenvalue weighted by atomic mass is 19.1. The van der Waals surface area contributed by atoms with E-state index in [2.05, 4.69) is 5.32 Å². The van der Waals surface area contributed by atoms with Gasteiger partial charge in [0.25, 0.3) is 0 Å². The predicted octanol–water partition coefficient (Wildman–Crippen LogP) is 2.17. The van der Waals surface area contributed by atoms with E-state index in [0.29, 0.717) is 19.8 Å². The number of hydrogen-bond acceptors (Lipinski definition) is 3. The first-order valence-electron chi connectivity index (χ1n) is 6.50. The van der Waals surface area contributed by atoms with Gasteiger partial charge in [0.15, 0.2) is 0 Å². The molecule has 0 bridgehead atoms. The van der Waals surface area contributed by atoms with Crippen LogP contribution in [-0.4, -0.2) is 47.3 Å². The molecule has 7 heteroatoms. The van der Waals surface area contributed by atoms with Gasteiger partial charge in [-0.15, -0.1) is 0 Å². The van der Waals surface area contributed by atoms with E-state index in [1.165, 1.54) is 6.07 Å². The molecule has 2 rings (SSSR count). The number of carboxylic acid groups (broad SMARTS) is 1. The molecule has 2 amide bonds. The van der Waals surface area contributed by atoms with Crippen LogP contribution in [0.4, 0.5) is 14.9 Å². The lowest BCUT2D eigenvalue weighted by Gasteiger charge is -2.41. The summed E-state index contributed by atoms with van der Waals surface area (Å²) in [4.78, 5) is 25.0. The molecule has 1 saturated heterocycles. The largest absolute Gasteiger partial charge is 0.478 e. The van der Waals surface area contributed by atoms with Crippen molar-refractivity contribution in [1.82, 2.24) is 4.90 Å². The number of carbonyl (C=O) groups is 2. The molecule has 1 aromatic carbocycles. The first-order chi connectivity index (χ1) is 9.81. The number of halogens is 1. The Kier molecular flexibility index (Phi) is 4.13. The molecule has 0 spiro atoms. The van der Waals surface area contributed by atoms with Gasteiger partial charge >= 0.3 is 12.0 Å². The molecule has 0 aliphatic carbocycles. The molecule has 0 aromatic heterocycles. The third kappa shape index (κ3) is 3.30. The van der Waals surface area contributed by atoms with Gasteiger partial charge in [0.1, 0.15) is 5.82 Å². The van der Waals surface area contributed by atoms with Gasteiger partial charge in [0.2, 0.25) is 0 Å². The summed E-state index contributed by atoms with van der Waals surface area (Å²) in [6.07, 6.45) is 0. The van der Waals surface area contributed by atoms with Crippen molar-refractivity contribution in [2.75, 3.05) is 25.1 Å². The van der Waals surface area contributed by atoms with E-state index < -0.39 is 23.4 Å². The van der Waals surface area contributed by atoms with E-state index in [1.54, 1.807) is 4.90 Å². The van der Waals surface area contributed by atoms with Gasteiger partial charge in [0.05, 0.1) is 30.0 Å². The minimum atomic E-state index is -1.30. The van der Waals surface area contributed by atoms with Gasteiger partial charge in [0, 0.05) is 6.54 Å². The topological polar surface area (TPSA) is 78.9 Å². The normalized spacial score (nSPS) is 17.4. The lowest BCUT2D eigenvalue weighted by atomic mass is 10.0. The molecule has 0 radical (unpaired) electrons. The fraction of sp³-hybridized carbons (Fsp3) is 0.429. The molecule has 1 aliphatic rings. The zero-order valence-electron chi connectivity index (χ0n) is 11.9.